The van der Waals surface area contributed by atoms with Gasteiger partial charge in [0, 0.05) is 46.9 Å². The fraction of sp³-hybridized carbons (Fsp3) is 0.222. The van der Waals surface area contributed by atoms with Gasteiger partial charge in [-0.05, 0) is 50.7 Å². The van der Waals surface area contributed by atoms with E-state index >= 15 is 0 Å². The second-order valence-electron chi connectivity index (χ2n) is 9.04. The van der Waals surface area contributed by atoms with Crippen LogP contribution in [0.2, 0.25) is 0 Å². The van der Waals surface area contributed by atoms with Crippen LogP contribution >= 0.6 is 11.3 Å². The highest BCUT2D eigenvalue weighted by atomic mass is 32.1. The fourth-order valence-corrected chi connectivity index (χ4v) is 5.26. The van der Waals surface area contributed by atoms with Crippen LogP contribution < -0.4 is 0 Å². The van der Waals surface area contributed by atoms with Crippen molar-refractivity contribution < 1.29 is 9.53 Å². The van der Waals surface area contributed by atoms with E-state index in [0.717, 1.165) is 69.3 Å². The third-order valence-electron chi connectivity index (χ3n) is 6.32. The molecule has 5 heterocycles. The summed E-state index contributed by atoms with van der Waals surface area (Å²) in [6.45, 7) is 3.67. The average Bonchev–Trinajstić information content (AvgIpc) is 3.64. The Bertz CT molecular complexity index is 1580. The lowest BCUT2D eigenvalue weighted by Crippen LogP contribution is -2.22. The minimum Gasteiger partial charge on any atom is -0.456 e. The largest absolute Gasteiger partial charge is 0.456 e. The number of likely N-dealkylation sites (tertiary alicyclic amines) is 1. The van der Waals surface area contributed by atoms with E-state index in [1.807, 2.05) is 50.4 Å². The number of likely N-dealkylation sites (N-methyl/N-ethyl adjacent to an activating group) is 1. The van der Waals surface area contributed by atoms with Gasteiger partial charge in [0.05, 0.1) is 28.9 Å². The number of hydrogen-bond donors (Lipinski definition) is 1. The lowest BCUT2D eigenvalue weighted by atomic mass is 10.0. The van der Waals surface area contributed by atoms with Crippen LogP contribution in [0, 0.1) is 6.92 Å². The molecule has 0 bridgehead atoms. The van der Waals surface area contributed by atoms with Crippen LogP contribution in [0.4, 0.5) is 0 Å². The Morgan fingerprint density at radius 3 is 2.86 bits per heavy atom. The maximum atomic E-state index is 12.6. The van der Waals surface area contributed by atoms with Crippen molar-refractivity contribution in [1.29, 1.82) is 0 Å². The Balaban J connectivity index is 1.29. The first-order chi connectivity index (χ1) is 17.5. The van der Waals surface area contributed by atoms with Crippen LogP contribution in [0.25, 0.3) is 44.1 Å². The van der Waals surface area contributed by atoms with Crippen molar-refractivity contribution in [2.45, 2.75) is 19.4 Å². The number of pyridine rings is 2. The Kier molecular flexibility index (Phi) is 5.79. The molecule has 0 amide bonds. The zero-order chi connectivity index (χ0) is 24.6. The van der Waals surface area contributed by atoms with E-state index in [4.69, 9.17) is 4.74 Å². The van der Waals surface area contributed by atoms with Gasteiger partial charge in [-0.3, -0.25) is 9.97 Å². The van der Waals surface area contributed by atoms with Crippen molar-refractivity contribution in [1.82, 2.24) is 29.8 Å². The molecule has 0 spiro atoms. The number of nitrogens with one attached hydrogen (secondary N) is 1. The van der Waals surface area contributed by atoms with Crippen LogP contribution in [0.3, 0.4) is 0 Å². The van der Waals surface area contributed by atoms with Crippen molar-refractivity contribution in [3.05, 3.63) is 71.8 Å². The van der Waals surface area contributed by atoms with Crippen LogP contribution in [-0.2, 0) is 4.74 Å². The molecule has 0 saturated carbocycles. The third kappa shape index (κ3) is 4.38. The molecule has 1 fully saturated rings. The topological polar surface area (TPSA) is 96.9 Å². The lowest BCUT2D eigenvalue weighted by molar-refractivity contribution is 0.0321. The monoisotopic (exact) mass is 496 g/mol. The van der Waals surface area contributed by atoms with Gasteiger partial charge in [0.25, 0.3) is 0 Å². The van der Waals surface area contributed by atoms with Gasteiger partial charge >= 0.3 is 5.97 Å². The van der Waals surface area contributed by atoms with E-state index in [1.54, 1.807) is 17.9 Å². The van der Waals surface area contributed by atoms with Crippen molar-refractivity contribution >= 4 is 28.2 Å². The number of rotatable bonds is 5. The Hall–Kier alpha value is -3.95. The summed E-state index contributed by atoms with van der Waals surface area (Å²) in [5.41, 5.74) is 6.53. The van der Waals surface area contributed by atoms with Gasteiger partial charge in [-0.25, -0.2) is 14.8 Å². The van der Waals surface area contributed by atoms with Crippen molar-refractivity contribution in [2.24, 2.45) is 0 Å². The molecule has 9 heteroatoms. The number of ether oxygens (including phenoxy) is 1. The number of esters is 1. The predicted octanol–water partition coefficient (Wildman–Crippen LogP) is 4.98. The van der Waals surface area contributed by atoms with Crippen LogP contribution in [0.5, 0.6) is 0 Å². The second-order valence-corrected chi connectivity index (χ2v) is 9.90. The molecule has 6 rings (SSSR count). The molecule has 0 unspecified atom stereocenters. The molecule has 1 saturated heterocycles. The van der Waals surface area contributed by atoms with E-state index < -0.39 is 0 Å². The zero-order valence-corrected chi connectivity index (χ0v) is 20.7. The molecule has 1 aromatic carbocycles. The number of carbonyl (C=O) groups is 1. The summed E-state index contributed by atoms with van der Waals surface area (Å²) in [5, 5.41) is 3.45. The van der Waals surface area contributed by atoms with Crippen molar-refractivity contribution in [3.63, 3.8) is 0 Å². The standard InChI is InChI=1S/C27H24N6O2S/c1-16-4-3-5-22(31-16)25-24(29-15-30-25)17-6-7-21-18(10-17)11-19(12-28-21)26-32-23(14-36-26)27(34)35-20-8-9-33(2)13-20/h3-7,10-12,14-15,20H,8-9,13H2,1-2H3,(H,29,30)/t20-/m0/s1. The van der Waals surface area contributed by atoms with E-state index in [9.17, 15) is 4.79 Å². The first-order valence-corrected chi connectivity index (χ1v) is 12.6. The number of fused-ring (bicyclic) bond motifs is 1. The number of aryl methyl sites for hydroxylation is 1. The number of imidazole rings is 1. The summed E-state index contributed by atoms with van der Waals surface area (Å²) in [6.07, 6.45) is 4.26. The number of thiazole rings is 1. The molecule has 5 aromatic rings. The summed E-state index contributed by atoms with van der Waals surface area (Å²) < 4.78 is 5.63. The van der Waals surface area contributed by atoms with Crippen molar-refractivity contribution in [2.75, 3.05) is 20.1 Å². The second kappa shape index (κ2) is 9.25. The first-order valence-electron chi connectivity index (χ1n) is 11.8. The molecule has 1 aliphatic heterocycles. The summed E-state index contributed by atoms with van der Waals surface area (Å²) in [5.74, 6) is -0.371. The number of aromatic nitrogens is 5. The Morgan fingerprint density at radius 2 is 2.03 bits per heavy atom. The number of nitrogens with zero attached hydrogens (tertiary/aromatic N) is 5. The van der Waals surface area contributed by atoms with Crippen LogP contribution in [0.1, 0.15) is 22.6 Å². The van der Waals surface area contributed by atoms with Gasteiger partial charge in [-0.1, -0.05) is 12.1 Å². The fourth-order valence-electron chi connectivity index (χ4n) is 4.49. The quantitative estimate of drug-likeness (QED) is 0.343. The highest BCUT2D eigenvalue weighted by Crippen LogP contribution is 2.32. The Morgan fingerprint density at radius 1 is 1.14 bits per heavy atom. The summed E-state index contributed by atoms with van der Waals surface area (Å²) in [6, 6.07) is 14.1. The Labute approximate surface area is 212 Å². The molecule has 4 aromatic heterocycles. The van der Waals surface area contributed by atoms with Gasteiger partial charge in [0.1, 0.15) is 11.1 Å². The van der Waals surface area contributed by atoms with Crippen LogP contribution in [-0.4, -0.2) is 62.0 Å². The normalized spacial score (nSPS) is 16.0. The molecule has 0 aliphatic carbocycles. The van der Waals surface area contributed by atoms with Crippen LogP contribution in [0.15, 0.2) is 60.4 Å². The zero-order valence-electron chi connectivity index (χ0n) is 19.9. The van der Waals surface area contributed by atoms with Gasteiger partial charge in [-0.2, -0.15) is 0 Å². The van der Waals surface area contributed by atoms with Gasteiger partial charge in [0.2, 0.25) is 0 Å². The molecule has 36 heavy (non-hydrogen) atoms. The smallest absolute Gasteiger partial charge is 0.358 e. The predicted molar refractivity (Wildman–Crippen MR) is 140 cm³/mol. The number of aromatic amines is 1. The number of benzene rings is 1. The molecular formula is C27H24N6O2S. The van der Waals surface area contributed by atoms with Gasteiger partial charge in [0.15, 0.2) is 5.69 Å². The van der Waals surface area contributed by atoms with Crippen molar-refractivity contribution in [3.8, 4) is 33.2 Å². The highest BCUT2D eigenvalue weighted by Gasteiger charge is 2.25. The number of H-pyrrole nitrogens is 1. The molecule has 1 N–H and O–H groups in total. The minimum atomic E-state index is -0.371. The highest BCUT2D eigenvalue weighted by molar-refractivity contribution is 7.13. The molecule has 1 atom stereocenters. The van der Waals surface area contributed by atoms with E-state index in [-0.39, 0.29) is 12.1 Å². The lowest BCUT2D eigenvalue weighted by Gasteiger charge is -2.10. The maximum Gasteiger partial charge on any atom is 0.358 e. The number of hydrogen-bond acceptors (Lipinski definition) is 8. The van der Waals surface area contributed by atoms with E-state index in [2.05, 4.69) is 35.9 Å². The first kappa shape index (κ1) is 22.5. The molecule has 0 radical (unpaired) electrons. The van der Waals surface area contributed by atoms with Gasteiger partial charge < -0.3 is 14.6 Å². The summed E-state index contributed by atoms with van der Waals surface area (Å²) in [4.78, 5) is 36.3. The SMILES string of the molecule is Cc1cccc(-c2[nH]cnc2-c2ccc3ncc(-c4nc(C(=O)O[C@H]5CCN(C)C5)cs4)cc3c2)n1. The minimum absolute atomic E-state index is 0.0738. The number of carbonyl (C=O) groups excluding carboxylic acids is 1. The summed E-state index contributed by atoms with van der Waals surface area (Å²) in [7, 11) is 2.03. The molecule has 1 aliphatic rings. The molecule has 8 nitrogen and oxygen atoms in total. The molecular weight excluding hydrogens is 472 g/mol. The third-order valence-corrected chi connectivity index (χ3v) is 7.21. The summed E-state index contributed by atoms with van der Waals surface area (Å²) >= 11 is 1.41. The van der Waals surface area contributed by atoms with E-state index in [0.29, 0.717) is 5.69 Å². The van der Waals surface area contributed by atoms with E-state index in [1.165, 1.54) is 11.3 Å². The molecule has 180 valence electrons. The van der Waals surface area contributed by atoms with Gasteiger partial charge in [-0.15, -0.1) is 11.3 Å². The maximum absolute atomic E-state index is 12.6. The average molecular weight is 497 g/mol.